The summed E-state index contributed by atoms with van der Waals surface area (Å²) in [5, 5.41) is 3.24. The Labute approximate surface area is 100 Å². The fourth-order valence-corrected chi connectivity index (χ4v) is 1.93. The molecule has 1 fully saturated rings. The number of nitrogens with zero attached hydrogens (tertiary/aromatic N) is 2. The molecule has 92 valence electrons. The number of amides is 1. The average molecular weight is 235 g/mol. The van der Waals surface area contributed by atoms with E-state index in [0.29, 0.717) is 0 Å². The molecule has 0 aliphatic carbocycles. The maximum Gasteiger partial charge on any atom is 0.250 e. The first-order chi connectivity index (χ1) is 8.27. The average Bonchev–Trinajstić information content (AvgIpc) is 2.61. The second kappa shape index (κ2) is 5.63. The normalized spacial score (nSPS) is 16.6. The zero-order chi connectivity index (χ0) is 12.1. The lowest BCUT2D eigenvalue weighted by Crippen LogP contribution is -2.38. The monoisotopic (exact) mass is 235 g/mol. The number of carbonyl (C=O) groups excluding carboxylic acids is 1. The van der Waals surface area contributed by atoms with Crippen molar-refractivity contribution >= 4 is 5.91 Å². The van der Waals surface area contributed by atoms with Crippen molar-refractivity contribution < 1.29 is 4.79 Å². The van der Waals surface area contributed by atoms with Gasteiger partial charge in [-0.15, -0.1) is 0 Å². The SMILES string of the molecule is O=C(Cn1ccccc1=O)N1CCCNCC1. The van der Waals surface area contributed by atoms with E-state index in [1.165, 1.54) is 10.6 Å². The molecule has 0 spiro atoms. The highest BCUT2D eigenvalue weighted by molar-refractivity contribution is 5.76. The predicted molar refractivity (Wildman–Crippen MR) is 64.8 cm³/mol. The Balaban J connectivity index is 2.01. The van der Waals surface area contributed by atoms with Gasteiger partial charge in [-0.05, 0) is 19.0 Å². The highest BCUT2D eigenvalue weighted by atomic mass is 16.2. The molecule has 0 unspecified atom stereocenters. The zero-order valence-electron chi connectivity index (χ0n) is 9.76. The molecule has 5 nitrogen and oxygen atoms in total. The maximum atomic E-state index is 12.0. The van der Waals surface area contributed by atoms with E-state index in [4.69, 9.17) is 0 Å². The van der Waals surface area contributed by atoms with Crippen molar-refractivity contribution in [3.63, 3.8) is 0 Å². The first-order valence-corrected chi connectivity index (χ1v) is 5.91. The molecule has 2 rings (SSSR count). The summed E-state index contributed by atoms with van der Waals surface area (Å²) in [6.07, 6.45) is 2.62. The van der Waals surface area contributed by atoms with Crippen LogP contribution in [0.4, 0.5) is 0 Å². The van der Waals surface area contributed by atoms with Gasteiger partial charge in [-0.2, -0.15) is 0 Å². The minimum Gasteiger partial charge on any atom is -0.340 e. The van der Waals surface area contributed by atoms with Crippen LogP contribution in [-0.2, 0) is 11.3 Å². The highest BCUT2D eigenvalue weighted by Crippen LogP contribution is 1.97. The Bertz CT molecular complexity index is 433. The van der Waals surface area contributed by atoms with E-state index in [1.807, 2.05) is 4.90 Å². The fraction of sp³-hybridized carbons (Fsp3) is 0.500. The molecule has 2 heterocycles. The second-order valence-electron chi connectivity index (χ2n) is 4.15. The van der Waals surface area contributed by atoms with Gasteiger partial charge in [0.2, 0.25) is 5.91 Å². The van der Waals surface area contributed by atoms with Crippen LogP contribution in [0.3, 0.4) is 0 Å². The Kier molecular flexibility index (Phi) is 3.93. The third kappa shape index (κ3) is 3.17. The van der Waals surface area contributed by atoms with E-state index >= 15 is 0 Å². The number of hydrogen-bond donors (Lipinski definition) is 1. The first-order valence-electron chi connectivity index (χ1n) is 5.91. The van der Waals surface area contributed by atoms with E-state index in [0.717, 1.165) is 32.6 Å². The van der Waals surface area contributed by atoms with Gasteiger partial charge in [-0.25, -0.2) is 0 Å². The van der Waals surface area contributed by atoms with Crippen LogP contribution in [0.2, 0.25) is 0 Å². The predicted octanol–water partition coefficient (Wildman–Crippen LogP) is -0.330. The van der Waals surface area contributed by atoms with Gasteiger partial charge in [-0.3, -0.25) is 9.59 Å². The van der Waals surface area contributed by atoms with Crippen molar-refractivity contribution in [1.82, 2.24) is 14.8 Å². The largest absolute Gasteiger partial charge is 0.340 e. The number of aromatic nitrogens is 1. The van der Waals surface area contributed by atoms with Crippen molar-refractivity contribution in [2.24, 2.45) is 0 Å². The molecule has 0 bridgehead atoms. The fourth-order valence-electron chi connectivity index (χ4n) is 1.93. The lowest BCUT2D eigenvalue weighted by atomic mass is 10.3. The van der Waals surface area contributed by atoms with E-state index < -0.39 is 0 Å². The van der Waals surface area contributed by atoms with Crippen molar-refractivity contribution in [3.8, 4) is 0 Å². The third-order valence-electron chi connectivity index (χ3n) is 2.90. The van der Waals surface area contributed by atoms with Crippen LogP contribution < -0.4 is 10.9 Å². The molecule has 17 heavy (non-hydrogen) atoms. The van der Waals surface area contributed by atoms with Crippen molar-refractivity contribution in [3.05, 3.63) is 34.7 Å². The maximum absolute atomic E-state index is 12.0. The molecule has 5 heteroatoms. The topological polar surface area (TPSA) is 54.3 Å². The van der Waals surface area contributed by atoms with Gasteiger partial charge in [0, 0.05) is 31.9 Å². The standard InChI is InChI=1S/C12H17N3O2/c16-11-4-1-2-7-15(11)10-12(17)14-8-3-5-13-6-9-14/h1-2,4,7,13H,3,5-6,8-10H2. The number of pyridine rings is 1. The lowest BCUT2D eigenvalue weighted by molar-refractivity contribution is -0.131. The summed E-state index contributed by atoms with van der Waals surface area (Å²) in [4.78, 5) is 25.3. The molecule has 1 saturated heterocycles. The number of hydrogen-bond acceptors (Lipinski definition) is 3. The summed E-state index contributed by atoms with van der Waals surface area (Å²) < 4.78 is 1.45. The van der Waals surface area contributed by atoms with E-state index in [-0.39, 0.29) is 18.0 Å². The molecule has 1 aromatic rings. The zero-order valence-corrected chi connectivity index (χ0v) is 9.76. The molecule has 0 saturated carbocycles. The summed E-state index contributed by atoms with van der Waals surface area (Å²) in [5.41, 5.74) is -0.131. The Morgan fingerprint density at radius 3 is 3.00 bits per heavy atom. The number of nitrogens with one attached hydrogen (secondary N) is 1. The van der Waals surface area contributed by atoms with Crippen LogP contribution in [0.1, 0.15) is 6.42 Å². The second-order valence-corrected chi connectivity index (χ2v) is 4.15. The molecule has 0 radical (unpaired) electrons. The van der Waals surface area contributed by atoms with Crippen LogP contribution in [0.15, 0.2) is 29.2 Å². The number of carbonyl (C=O) groups is 1. The molecule has 0 aromatic carbocycles. The van der Waals surface area contributed by atoms with Crippen LogP contribution in [-0.4, -0.2) is 41.6 Å². The van der Waals surface area contributed by atoms with Crippen LogP contribution >= 0.6 is 0 Å². The number of rotatable bonds is 2. The van der Waals surface area contributed by atoms with Gasteiger partial charge in [0.05, 0.1) is 0 Å². The lowest BCUT2D eigenvalue weighted by Gasteiger charge is -2.20. The summed E-state index contributed by atoms with van der Waals surface area (Å²) in [5.74, 6) is 0.0157. The summed E-state index contributed by atoms with van der Waals surface area (Å²) in [6, 6.07) is 4.91. The Morgan fingerprint density at radius 2 is 2.18 bits per heavy atom. The van der Waals surface area contributed by atoms with E-state index in [9.17, 15) is 9.59 Å². The Hall–Kier alpha value is -1.62. The van der Waals surface area contributed by atoms with Crippen LogP contribution in [0.5, 0.6) is 0 Å². The first kappa shape index (κ1) is 11.9. The molecule has 1 amide bonds. The molecule has 1 aliphatic heterocycles. The molecule has 1 aromatic heterocycles. The minimum absolute atomic E-state index is 0.0157. The molecular formula is C12H17N3O2. The summed E-state index contributed by atoms with van der Waals surface area (Å²) in [7, 11) is 0. The summed E-state index contributed by atoms with van der Waals surface area (Å²) >= 11 is 0. The van der Waals surface area contributed by atoms with Gasteiger partial charge in [-0.1, -0.05) is 6.07 Å². The van der Waals surface area contributed by atoms with Crippen LogP contribution in [0, 0.1) is 0 Å². The molecule has 0 atom stereocenters. The molecular weight excluding hydrogens is 218 g/mol. The molecule has 1 N–H and O–H groups in total. The van der Waals surface area contributed by atoms with Gasteiger partial charge in [0.25, 0.3) is 5.56 Å². The van der Waals surface area contributed by atoms with Crippen molar-refractivity contribution in [1.29, 1.82) is 0 Å². The third-order valence-corrected chi connectivity index (χ3v) is 2.90. The van der Waals surface area contributed by atoms with Gasteiger partial charge in [0.1, 0.15) is 6.54 Å². The van der Waals surface area contributed by atoms with Crippen molar-refractivity contribution in [2.75, 3.05) is 26.2 Å². The van der Waals surface area contributed by atoms with Crippen LogP contribution in [0.25, 0.3) is 0 Å². The van der Waals surface area contributed by atoms with E-state index in [2.05, 4.69) is 5.32 Å². The smallest absolute Gasteiger partial charge is 0.250 e. The van der Waals surface area contributed by atoms with Gasteiger partial charge < -0.3 is 14.8 Å². The van der Waals surface area contributed by atoms with Crippen molar-refractivity contribution in [2.45, 2.75) is 13.0 Å². The van der Waals surface area contributed by atoms with E-state index in [1.54, 1.807) is 18.3 Å². The quantitative estimate of drug-likeness (QED) is 0.763. The van der Waals surface area contributed by atoms with Gasteiger partial charge in [0.15, 0.2) is 0 Å². The minimum atomic E-state index is -0.131. The Morgan fingerprint density at radius 1 is 1.29 bits per heavy atom. The summed E-state index contributed by atoms with van der Waals surface area (Å²) in [6.45, 7) is 3.41. The highest BCUT2D eigenvalue weighted by Gasteiger charge is 2.15. The van der Waals surface area contributed by atoms with Gasteiger partial charge >= 0.3 is 0 Å². The molecule has 1 aliphatic rings.